The van der Waals surface area contributed by atoms with E-state index in [4.69, 9.17) is 10.5 Å². The number of amides is 1. The highest BCUT2D eigenvalue weighted by molar-refractivity contribution is 5.96. The first-order valence-corrected chi connectivity index (χ1v) is 8.28. The van der Waals surface area contributed by atoms with Crippen molar-refractivity contribution in [2.24, 2.45) is 5.73 Å². The Hall–Kier alpha value is -3.67. The molecule has 6 heteroatoms. The number of benzene rings is 3. The summed E-state index contributed by atoms with van der Waals surface area (Å²) in [7, 11) is 1.56. The number of nitrogens with zero attached hydrogens (tertiary/aromatic N) is 2. The van der Waals surface area contributed by atoms with Gasteiger partial charge in [-0.2, -0.15) is 0 Å². The second kappa shape index (κ2) is 6.57. The molecule has 0 unspecified atom stereocenters. The maximum absolute atomic E-state index is 13.7. The number of hydrogen-bond acceptors (Lipinski definition) is 3. The Morgan fingerprint density at radius 2 is 1.96 bits per heavy atom. The number of ether oxygens (including phenoxy) is 1. The molecule has 0 spiro atoms. The Bertz CT molecular complexity index is 1170. The lowest BCUT2D eigenvalue weighted by molar-refractivity contribution is 0.100. The van der Waals surface area contributed by atoms with Crippen LogP contribution in [-0.2, 0) is 0 Å². The first-order chi connectivity index (χ1) is 13.1. The molecule has 5 nitrogen and oxygen atoms in total. The van der Waals surface area contributed by atoms with Gasteiger partial charge < -0.3 is 10.5 Å². The Morgan fingerprint density at radius 3 is 2.74 bits per heavy atom. The van der Waals surface area contributed by atoms with Gasteiger partial charge in [0.25, 0.3) is 0 Å². The fourth-order valence-electron chi connectivity index (χ4n) is 3.10. The number of imidazole rings is 1. The molecule has 1 aromatic heterocycles. The van der Waals surface area contributed by atoms with E-state index in [1.54, 1.807) is 37.7 Å². The second-order valence-electron chi connectivity index (χ2n) is 6.08. The fraction of sp³-hybridized carbons (Fsp3) is 0.0476. The van der Waals surface area contributed by atoms with Crippen molar-refractivity contribution < 1.29 is 13.9 Å². The third-order valence-electron chi connectivity index (χ3n) is 4.43. The normalized spacial score (nSPS) is 10.9. The van der Waals surface area contributed by atoms with Crippen LogP contribution in [0.4, 0.5) is 4.39 Å². The van der Waals surface area contributed by atoms with Crippen molar-refractivity contribution in [2.45, 2.75) is 0 Å². The summed E-state index contributed by atoms with van der Waals surface area (Å²) < 4.78 is 21.0. The number of fused-ring (bicyclic) bond motifs is 1. The summed E-state index contributed by atoms with van der Waals surface area (Å²) in [6, 6.07) is 17.2. The molecule has 3 aromatic carbocycles. The second-order valence-corrected chi connectivity index (χ2v) is 6.08. The number of hydrogen-bond donors (Lipinski definition) is 1. The van der Waals surface area contributed by atoms with Gasteiger partial charge in [0.05, 0.1) is 18.1 Å². The summed E-state index contributed by atoms with van der Waals surface area (Å²) in [6.07, 6.45) is 1.68. The molecule has 27 heavy (non-hydrogen) atoms. The maximum Gasteiger partial charge on any atom is 0.248 e. The molecule has 0 aliphatic heterocycles. The zero-order valence-corrected chi connectivity index (χ0v) is 14.5. The van der Waals surface area contributed by atoms with Crippen LogP contribution in [0.2, 0.25) is 0 Å². The molecule has 0 saturated carbocycles. The number of rotatable bonds is 4. The molecule has 0 aliphatic carbocycles. The van der Waals surface area contributed by atoms with Gasteiger partial charge in [-0.25, -0.2) is 9.37 Å². The predicted molar refractivity (Wildman–Crippen MR) is 102 cm³/mol. The van der Waals surface area contributed by atoms with Crippen molar-refractivity contribution in [3.8, 4) is 22.6 Å². The number of carbonyl (C=O) groups excluding carboxylic acids is 1. The lowest BCUT2D eigenvalue weighted by Crippen LogP contribution is -2.10. The lowest BCUT2D eigenvalue weighted by Gasteiger charge is -2.11. The minimum absolute atomic E-state index is 0.330. The number of nitrogens with two attached hydrogens (primary N) is 1. The van der Waals surface area contributed by atoms with Crippen molar-refractivity contribution in [3.05, 3.63) is 78.4 Å². The topological polar surface area (TPSA) is 70.1 Å². The van der Waals surface area contributed by atoms with E-state index < -0.39 is 5.91 Å². The summed E-state index contributed by atoms with van der Waals surface area (Å²) in [5, 5.41) is 0. The van der Waals surface area contributed by atoms with E-state index in [2.05, 4.69) is 4.98 Å². The molecule has 2 N–H and O–H groups in total. The summed E-state index contributed by atoms with van der Waals surface area (Å²) in [6.45, 7) is 0. The monoisotopic (exact) mass is 361 g/mol. The van der Waals surface area contributed by atoms with Crippen LogP contribution in [-0.4, -0.2) is 22.6 Å². The predicted octanol–water partition coefficient (Wildman–Crippen LogP) is 3.94. The molecular formula is C21H16FN3O2. The number of primary amides is 1. The average Bonchev–Trinajstić information content (AvgIpc) is 3.11. The summed E-state index contributed by atoms with van der Waals surface area (Å²) in [5.41, 5.74) is 9.58. The van der Waals surface area contributed by atoms with E-state index in [1.807, 2.05) is 28.8 Å². The molecular weight excluding hydrogens is 345 g/mol. The smallest absolute Gasteiger partial charge is 0.248 e. The molecule has 0 bridgehead atoms. The van der Waals surface area contributed by atoms with E-state index in [9.17, 15) is 9.18 Å². The Kier molecular flexibility index (Phi) is 4.08. The SMILES string of the molecule is COc1ccc(F)cc1-c1cccc(-n2cnc3cc(C(N)=O)ccc32)c1. The Balaban J connectivity index is 1.83. The Labute approximate surface area is 154 Å². The minimum atomic E-state index is -0.494. The van der Waals surface area contributed by atoms with Gasteiger partial charge in [0.15, 0.2) is 0 Å². The molecule has 4 aromatic rings. The van der Waals surface area contributed by atoms with Crippen molar-refractivity contribution >= 4 is 16.9 Å². The zero-order valence-electron chi connectivity index (χ0n) is 14.5. The van der Waals surface area contributed by atoms with Crippen molar-refractivity contribution in [1.82, 2.24) is 9.55 Å². The van der Waals surface area contributed by atoms with E-state index >= 15 is 0 Å². The van der Waals surface area contributed by atoms with Gasteiger partial charge in [0.1, 0.15) is 17.9 Å². The van der Waals surface area contributed by atoms with Gasteiger partial charge in [-0.15, -0.1) is 0 Å². The van der Waals surface area contributed by atoms with Gasteiger partial charge >= 0.3 is 0 Å². The highest BCUT2D eigenvalue weighted by atomic mass is 19.1. The first-order valence-electron chi connectivity index (χ1n) is 8.28. The number of methoxy groups -OCH3 is 1. The van der Waals surface area contributed by atoms with Gasteiger partial charge in [-0.05, 0) is 54.1 Å². The van der Waals surface area contributed by atoms with E-state index in [1.165, 1.54) is 12.1 Å². The molecule has 0 radical (unpaired) electrons. The molecule has 4 rings (SSSR count). The molecule has 1 heterocycles. The summed E-state index contributed by atoms with van der Waals surface area (Å²) in [5.74, 6) is -0.231. The third kappa shape index (κ3) is 3.01. The number of halogens is 1. The third-order valence-corrected chi connectivity index (χ3v) is 4.43. The molecule has 134 valence electrons. The van der Waals surface area contributed by atoms with Crippen LogP contribution >= 0.6 is 0 Å². The van der Waals surface area contributed by atoms with Crippen LogP contribution in [0.1, 0.15) is 10.4 Å². The number of carbonyl (C=O) groups is 1. The van der Waals surface area contributed by atoms with Crippen LogP contribution < -0.4 is 10.5 Å². The largest absolute Gasteiger partial charge is 0.496 e. The quantitative estimate of drug-likeness (QED) is 0.598. The Morgan fingerprint density at radius 1 is 1.11 bits per heavy atom. The van der Waals surface area contributed by atoms with Crippen LogP contribution in [0.3, 0.4) is 0 Å². The van der Waals surface area contributed by atoms with Gasteiger partial charge in [0, 0.05) is 16.8 Å². The van der Waals surface area contributed by atoms with Crippen molar-refractivity contribution in [3.63, 3.8) is 0 Å². The molecule has 1 amide bonds. The van der Waals surface area contributed by atoms with Crippen LogP contribution in [0.15, 0.2) is 67.0 Å². The highest BCUT2D eigenvalue weighted by Crippen LogP contribution is 2.32. The maximum atomic E-state index is 13.7. The zero-order chi connectivity index (χ0) is 19.0. The summed E-state index contributed by atoms with van der Waals surface area (Å²) >= 11 is 0. The number of aromatic nitrogens is 2. The molecule has 0 saturated heterocycles. The van der Waals surface area contributed by atoms with Crippen LogP contribution in [0.25, 0.3) is 27.8 Å². The highest BCUT2D eigenvalue weighted by Gasteiger charge is 2.11. The van der Waals surface area contributed by atoms with Crippen molar-refractivity contribution in [2.75, 3.05) is 7.11 Å². The molecule has 0 fully saturated rings. The van der Waals surface area contributed by atoms with E-state index in [-0.39, 0.29) is 5.82 Å². The van der Waals surface area contributed by atoms with Crippen LogP contribution in [0, 0.1) is 5.82 Å². The lowest BCUT2D eigenvalue weighted by atomic mass is 10.0. The van der Waals surface area contributed by atoms with E-state index in [0.29, 0.717) is 22.4 Å². The average molecular weight is 361 g/mol. The fourth-order valence-corrected chi connectivity index (χ4v) is 3.10. The van der Waals surface area contributed by atoms with Crippen molar-refractivity contribution in [1.29, 1.82) is 0 Å². The van der Waals surface area contributed by atoms with Gasteiger partial charge in [-0.1, -0.05) is 12.1 Å². The van der Waals surface area contributed by atoms with Gasteiger partial charge in [-0.3, -0.25) is 9.36 Å². The summed E-state index contributed by atoms with van der Waals surface area (Å²) in [4.78, 5) is 15.7. The van der Waals surface area contributed by atoms with Crippen LogP contribution in [0.5, 0.6) is 5.75 Å². The molecule has 0 aliphatic rings. The minimum Gasteiger partial charge on any atom is -0.496 e. The van der Waals surface area contributed by atoms with E-state index in [0.717, 1.165) is 16.8 Å². The first kappa shape index (κ1) is 16.8. The standard InChI is InChI=1S/C21H16FN3O2/c1-27-20-8-6-15(22)11-17(20)13-3-2-4-16(9-13)25-12-24-18-10-14(21(23)26)5-7-19(18)25/h2-12H,1H3,(H2,23,26). The molecule has 0 atom stereocenters. The van der Waals surface area contributed by atoms with Gasteiger partial charge in [0.2, 0.25) is 5.91 Å².